The van der Waals surface area contributed by atoms with Gasteiger partial charge in [-0.3, -0.25) is 9.89 Å². The van der Waals surface area contributed by atoms with E-state index in [0.29, 0.717) is 19.0 Å². The van der Waals surface area contributed by atoms with Crippen LogP contribution in [0.1, 0.15) is 24.8 Å². The third-order valence-electron chi connectivity index (χ3n) is 5.06. The molecular weight excluding hydrogens is 369 g/mol. The molecule has 0 amide bonds. The smallest absolute Gasteiger partial charge is 0.401 e. The maximum Gasteiger partial charge on any atom is 0.401 e. The van der Waals surface area contributed by atoms with E-state index in [0.717, 1.165) is 56.0 Å². The SMILES string of the molecule is CN=C(NCCc1ccccc1OC)NCCC1CCN(CC(F)(F)F)CC1. The van der Waals surface area contributed by atoms with Gasteiger partial charge in [0, 0.05) is 20.1 Å². The van der Waals surface area contributed by atoms with Crippen LogP contribution >= 0.6 is 0 Å². The van der Waals surface area contributed by atoms with Crippen LogP contribution in [0.5, 0.6) is 5.75 Å². The number of para-hydroxylation sites is 1. The lowest BCUT2D eigenvalue weighted by Gasteiger charge is -2.32. The van der Waals surface area contributed by atoms with Gasteiger partial charge in [0.1, 0.15) is 5.75 Å². The van der Waals surface area contributed by atoms with E-state index in [4.69, 9.17) is 4.74 Å². The van der Waals surface area contributed by atoms with Gasteiger partial charge < -0.3 is 15.4 Å². The number of likely N-dealkylation sites (tertiary alicyclic amines) is 1. The molecule has 1 aromatic rings. The highest BCUT2D eigenvalue weighted by Crippen LogP contribution is 2.24. The Morgan fingerprint density at radius 1 is 1.18 bits per heavy atom. The van der Waals surface area contributed by atoms with Crippen molar-refractivity contribution in [3.05, 3.63) is 29.8 Å². The molecule has 1 fully saturated rings. The second-order valence-corrected chi connectivity index (χ2v) is 7.11. The lowest BCUT2D eigenvalue weighted by molar-refractivity contribution is -0.148. The van der Waals surface area contributed by atoms with Gasteiger partial charge in [-0.05, 0) is 56.3 Å². The van der Waals surface area contributed by atoms with Crippen molar-refractivity contribution in [3.63, 3.8) is 0 Å². The zero-order valence-electron chi connectivity index (χ0n) is 16.7. The first-order valence-corrected chi connectivity index (χ1v) is 9.77. The number of nitrogens with zero attached hydrogens (tertiary/aromatic N) is 2. The molecule has 0 aromatic heterocycles. The van der Waals surface area contributed by atoms with Crippen LogP contribution < -0.4 is 15.4 Å². The average Bonchev–Trinajstić information content (AvgIpc) is 2.67. The van der Waals surface area contributed by atoms with E-state index < -0.39 is 12.7 Å². The monoisotopic (exact) mass is 400 g/mol. The van der Waals surface area contributed by atoms with Crippen LogP contribution in [0.25, 0.3) is 0 Å². The van der Waals surface area contributed by atoms with Crippen LogP contribution in [-0.4, -0.2) is 63.9 Å². The van der Waals surface area contributed by atoms with E-state index in [9.17, 15) is 13.2 Å². The Kier molecular flexibility index (Phi) is 8.89. The summed E-state index contributed by atoms with van der Waals surface area (Å²) >= 11 is 0. The number of methoxy groups -OCH3 is 1. The van der Waals surface area contributed by atoms with Crippen LogP contribution in [-0.2, 0) is 6.42 Å². The number of hydrogen-bond donors (Lipinski definition) is 2. The predicted molar refractivity (Wildman–Crippen MR) is 106 cm³/mol. The van der Waals surface area contributed by atoms with Crippen molar-refractivity contribution in [2.24, 2.45) is 10.9 Å². The van der Waals surface area contributed by atoms with Crippen molar-refractivity contribution in [1.29, 1.82) is 0 Å². The van der Waals surface area contributed by atoms with E-state index in [1.165, 1.54) is 4.90 Å². The number of aliphatic imine (C=N–C) groups is 1. The molecule has 0 spiro atoms. The molecule has 2 N–H and O–H groups in total. The standard InChI is InChI=1S/C20H31F3N4O/c1-24-19(26-12-8-17-5-3-4-6-18(17)28-2)25-11-7-16-9-13-27(14-10-16)15-20(21,22)23/h3-6,16H,7-15H2,1-2H3,(H2,24,25,26). The van der Waals surface area contributed by atoms with Gasteiger partial charge in [0.2, 0.25) is 0 Å². The summed E-state index contributed by atoms with van der Waals surface area (Å²) < 4.78 is 42.7. The largest absolute Gasteiger partial charge is 0.496 e. The van der Waals surface area contributed by atoms with Gasteiger partial charge in [0.25, 0.3) is 0 Å². The zero-order valence-corrected chi connectivity index (χ0v) is 16.7. The van der Waals surface area contributed by atoms with Crippen molar-refractivity contribution in [3.8, 4) is 5.75 Å². The average molecular weight is 400 g/mol. The van der Waals surface area contributed by atoms with Gasteiger partial charge in [-0.25, -0.2) is 0 Å². The first-order valence-electron chi connectivity index (χ1n) is 9.77. The lowest BCUT2D eigenvalue weighted by Crippen LogP contribution is -2.42. The minimum atomic E-state index is -4.10. The molecule has 1 aliphatic heterocycles. The minimum Gasteiger partial charge on any atom is -0.496 e. The first-order chi connectivity index (χ1) is 13.4. The molecule has 28 heavy (non-hydrogen) atoms. The molecule has 2 rings (SSSR count). The van der Waals surface area contributed by atoms with Gasteiger partial charge in [-0.2, -0.15) is 13.2 Å². The van der Waals surface area contributed by atoms with Crippen molar-refractivity contribution in [2.75, 3.05) is 46.9 Å². The molecule has 1 aromatic carbocycles. The molecule has 0 bridgehead atoms. The van der Waals surface area contributed by atoms with Crippen molar-refractivity contribution < 1.29 is 17.9 Å². The molecule has 0 atom stereocenters. The van der Waals surface area contributed by atoms with Crippen LogP contribution in [0.3, 0.4) is 0 Å². The van der Waals surface area contributed by atoms with E-state index in [2.05, 4.69) is 15.6 Å². The molecule has 158 valence electrons. The molecular formula is C20H31F3N4O. The van der Waals surface area contributed by atoms with E-state index >= 15 is 0 Å². The van der Waals surface area contributed by atoms with Gasteiger partial charge in [-0.1, -0.05) is 18.2 Å². The minimum absolute atomic E-state index is 0.462. The summed E-state index contributed by atoms with van der Waals surface area (Å²) in [6, 6.07) is 7.93. The molecule has 0 aliphatic carbocycles. The number of benzene rings is 1. The third-order valence-corrected chi connectivity index (χ3v) is 5.06. The topological polar surface area (TPSA) is 48.9 Å². The number of rotatable bonds is 8. The number of guanidine groups is 1. The Bertz CT molecular complexity index is 614. The summed E-state index contributed by atoms with van der Waals surface area (Å²) in [5, 5.41) is 6.58. The highest BCUT2D eigenvalue weighted by Gasteiger charge is 2.32. The van der Waals surface area contributed by atoms with Gasteiger partial charge in [0.05, 0.1) is 13.7 Å². The summed E-state index contributed by atoms with van der Waals surface area (Å²) in [6.45, 7) is 1.75. The fraction of sp³-hybridized carbons (Fsp3) is 0.650. The number of ether oxygens (including phenoxy) is 1. The molecule has 1 aliphatic rings. The maximum atomic E-state index is 12.4. The van der Waals surface area contributed by atoms with Crippen LogP contribution in [0.2, 0.25) is 0 Å². The van der Waals surface area contributed by atoms with Crippen molar-refractivity contribution in [1.82, 2.24) is 15.5 Å². The third kappa shape index (κ3) is 7.96. The van der Waals surface area contributed by atoms with Gasteiger partial charge in [-0.15, -0.1) is 0 Å². The number of halogens is 3. The molecule has 0 radical (unpaired) electrons. The molecule has 1 saturated heterocycles. The molecule has 1 heterocycles. The molecule has 8 heteroatoms. The van der Waals surface area contributed by atoms with Crippen molar-refractivity contribution >= 4 is 5.96 Å². The Labute approximate surface area is 165 Å². The van der Waals surface area contributed by atoms with E-state index in [1.54, 1.807) is 14.2 Å². The van der Waals surface area contributed by atoms with Crippen LogP contribution in [0.4, 0.5) is 13.2 Å². The number of hydrogen-bond acceptors (Lipinski definition) is 3. The van der Waals surface area contributed by atoms with E-state index in [1.807, 2.05) is 24.3 Å². The Hall–Kier alpha value is -1.96. The normalized spacial score (nSPS) is 16.8. The lowest BCUT2D eigenvalue weighted by atomic mass is 9.93. The summed E-state index contributed by atoms with van der Waals surface area (Å²) in [4.78, 5) is 5.73. The maximum absolute atomic E-state index is 12.4. The summed E-state index contributed by atoms with van der Waals surface area (Å²) in [5.74, 6) is 2.08. The van der Waals surface area contributed by atoms with Gasteiger partial charge in [0.15, 0.2) is 5.96 Å². The van der Waals surface area contributed by atoms with Gasteiger partial charge >= 0.3 is 6.18 Å². The Morgan fingerprint density at radius 2 is 1.86 bits per heavy atom. The Balaban J connectivity index is 1.62. The molecule has 5 nitrogen and oxygen atoms in total. The second-order valence-electron chi connectivity index (χ2n) is 7.11. The van der Waals surface area contributed by atoms with E-state index in [-0.39, 0.29) is 0 Å². The number of piperidine rings is 1. The second kappa shape index (κ2) is 11.1. The number of alkyl halides is 3. The Morgan fingerprint density at radius 3 is 2.50 bits per heavy atom. The molecule has 0 unspecified atom stereocenters. The molecule has 0 saturated carbocycles. The fourth-order valence-corrected chi connectivity index (χ4v) is 3.53. The highest BCUT2D eigenvalue weighted by atomic mass is 19.4. The first kappa shape index (κ1) is 22.3. The fourth-order valence-electron chi connectivity index (χ4n) is 3.53. The zero-order chi connectivity index (χ0) is 20.4. The summed E-state index contributed by atoms with van der Waals surface area (Å²) in [6.07, 6.45) is -0.707. The van der Waals surface area contributed by atoms with Crippen LogP contribution in [0, 0.1) is 5.92 Å². The quantitative estimate of drug-likeness (QED) is 0.520. The predicted octanol–water partition coefficient (Wildman–Crippen LogP) is 3.07. The summed E-state index contributed by atoms with van der Waals surface area (Å²) in [5.41, 5.74) is 1.14. The van der Waals surface area contributed by atoms with Crippen LogP contribution in [0.15, 0.2) is 29.3 Å². The van der Waals surface area contributed by atoms with Crippen molar-refractivity contribution in [2.45, 2.75) is 31.9 Å². The highest BCUT2D eigenvalue weighted by molar-refractivity contribution is 5.79. The number of nitrogens with one attached hydrogen (secondary N) is 2. The summed E-state index contributed by atoms with van der Waals surface area (Å²) in [7, 11) is 3.40.